The highest BCUT2D eigenvalue weighted by atomic mass is 32.2. The standard InChI is InChI=1S/C28H21FN4OS/c29-24-10-3-1-7-19(24)18-31-28(34)23-9-2-4-11-27(23)35-21-13-14-22-25(32-33-26(22)17-21)15-12-20-8-5-6-16-30-20/h1-17H,18H2,(H,31,34)(H,32,33). The number of rotatable bonds is 7. The van der Waals surface area contributed by atoms with E-state index in [9.17, 15) is 9.18 Å². The molecule has 0 aliphatic carbocycles. The van der Waals surface area contributed by atoms with Gasteiger partial charge in [0.2, 0.25) is 0 Å². The van der Waals surface area contributed by atoms with E-state index >= 15 is 0 Å². The Kier molecular flexibility index (Phi) is 6.68. The van der Waals surface area contributed by atoms with Gasteiger partial charge in [0.05, 0.1) is 22.5 Å². The van der Waals surface area contributed by atoms with Gasteiger partial charge in [-0.15, -0.1) is 0 Å². The van der Waals surface area contributed by atoms with Crippen LogP contribution in [0.25, 0.3) is 23.1 Å². The molecule has 2 aromatic heterocycles. The Bertz CT molecular complexity index is 1510. The van der Waals surface area contributed by atoms with Crippen molar-refractivity contribution in [2.24, 2.45) is 0 Å². The molecule has 0 radical (unpaired) electrons. The van der Waals surface area contributed by atoms with Crippen molar-refractivity contribution in [1.82, 2.24) is 20.5 Å². The SMILES string of the molecule is O=C(NCc1ccccc1F)c1ccccc1Sc1ccc2c(C=Cc3ccccn3)n[nH]c2c1. The van der Waals surface area contributed by atoms with Crippen LogP contribution in [0.5, 0.6) is 0 Å². The molecule has 0 unspecified atom stereocenters. The number of hydrogen-bond donors (Lipinski definition) is 2. The first kappa shape index (κ1) is 22.6. The fourth-order valence-corrected chi connectivity index (χ4v) is 4.62. The summed E-state index contributed by atoms with van der Waals surface area (Å²) in [6.07, 6.45) is 5.61. The number of carbonyl (C=O) groups excluding carboxylic acids is 1. The number of nitrogens with zero attached hydrogens (tertiary/aromatic N) is 2. The van der Waals surface area contributed by atoms with Crippen LogP contribution in [-0.2, 0) is 6.54 Å². The maximum absolute atomic E-state index is 13.9. The number of aromatic amines is 1. The van der Waals surface area contributed by atoms with Crippen molar-refractivity contribution in [3.05, 3.63) is 119 Å². The summed E-state index contributed by atoms with van der Waals surface area (Å²) in [4.78, 5) is 18.9. The molecule has 172 valence electrons. The molecule has 2 heterocycles. The van der Waals surface area contributed by atoms with E-state index in [4.69, 9.17) is 0 Å². The largest absolute Gasteiger partial charge is 0.348 e. The lowest BCUT2D eigenvalue weighted by molar-refractivity contribution is 0.0947. The fraction of sp³-hybridized carbons (Fsp3) is 0.0357. The maximum atomic E-state index is 13.9. The van der Waals surface area contributed by atoms with Crippen LogP contribution in [0.2, 0.25) is 0 Å². The lowest BCUT2D eigenvalue weighted by Crippen LogP contribution is -2.23. The van der Waals surface area contributed by atoms with Gasteiger partial charge in [0.15, 0.2) is 0 Å². The number of halogens is 1. The van der Waals surface area contributed by atoms with Crippen LogP contribution in [0.3, 0.4) is 0 Å². The van der Waals surface area contributed by atoms with Crippen LogP contribution < -0.4 is 5.32 Å². The van der Waals surface area contributed by atoms with Crippen LogP contribution >= 0.6 is 11.8 Å². The van der Waals surface area contributed by atoms with E-state index in [0.717, 1.165) is 32.1 Å². The van der Waals surface area contributed by atoms with Gasteiger partial charge in [0.25, 0.3) is 5.91 Å². The summed E-state index contributed by atoms with van der Waals surface area (Å²) in [5.74, 6) is -0.585. The number of aromatic nitrogens is 3. The van der Waals surface area contributed by atoms with E-state index in [-0.39, 0.29) is 18.3 Å². The topological polar surface area (TPSA) is 70.7 Å². The molecule has 5 nitrogen and oxygen atoms in total. The van der Waals surface area contributed by atoms with Crippen molar-refractivity contribution in [2.75, 3.05) is 0 Å². The van der Waals surface area contributed by atoms with Gasteiger partial charge in [-0.2, -0.15) is 5.10 Å². The van der Waals surface area contributed by atoms with Gasteiger partial charge in [-0.25, -0.2) is 4.39 Å². The van der Waals surface area contributed by atoms with Crippen LogP contribution in [0, 0.1) is 5.82 Å². The lowest BCUT2D eigenvalue weighted by Gasteiger charge is -2.10. The second-order valence-corrected chi connectivity index (χ2v) is 8.89. The molecule has 5 aromatic rings. The highest BCUT2D eigenvalue weighted by molar-refractivity contribution is 7.99. The first-order valence-electron chi connectivity index (χ1n) is 11.0. The molecule has 7 heteroatoms. The van der Waals surface area contributed by atoms with Crippen molar-refractivity contribution < 1.29 is 9.18 Å². The molecule has 0 atom stereocenters. The molecule has 0 saturated heterocycles. The summed E-state index contributed by atoms with van der Waals surface area (Å²) in [6.45, 7) is 0.124. The lowest BCUT2D eigenvalue weighted by atomic mass is 10.2. The minimum absolute atomic E-state index is 0.124. The van der Waals surface area contributed by atoms with Crippen molar-refractivity contribution in [1.29, 1.82) is 0 Å². The third kappa shape index (κ3) is 5.31. The van der Waals surface area contributed by atoms with E-state index in [2.05, 4.69) is 20.5 Å². The number of pyridine rings is 1. The number of H-pyrrole nitrogens is 1. The Hall–Kier alpha value is -4.23. The van der Waals surface area contributed by atoms with Gasteiger partial charge in [-0.05, 0) is 60.7 Å². The average Bonchev–Trinajstić information content (AvgIpc) is 3.30. The van der Waals surface area contributed by atoms with Gasteiger partial charge in [-0.3, -0.25) is 14.9 Å². The van der Waals surface area contributed by atoms with E-state index in [1.54, 1.807) is 30.5 Å². The average molecular weight is 481 g/mol. The second kappa shape index (κ2) is 10.4. The van der Waals surface area contributed by atoms with Crippen LogP contribution in [-0.4, -0.2) is 21.1 Å². The van der Waals surface area contributed by atoms with Gasteiger partial charge in [0.1, 0.15) is 5.82 Å². The Balaban J connectivity index is 1.32. The van der Waals surface area contributed by atoms with Gasteiger partial charge in [-0.1, -0.05) is 48.2 Å². The third-order valence-electron chi connectivity index (χ3n) is 5.42. The molecule has 0 saturated carbocycles. The monoisotopic (exact) mass is 480 g/mol. The minimum atomic E-state index is -0.336. The number of amides is 1. The Morgan fingerprint density at radius 3 is 2.66 bits per heavy atom. The van der Waals surface area contributed by atoms with Gasteiger partial charge < -0.3 is 5.32 Å². The first-order valence-corrected chi connectivity index (χ1v) is 11.8. The summed E-state index contributed by atoms with van der Waals surface area (Å²) >= 11 is 1.49. The Labute approximate surface area is 206 Å². The van der Waals surface area contributed by atoms with Crippen LogP contribution in [0.1, 0.15) is 27.3 Å². The van der Waals surface area contributed by atoms with Crippen molar-refractivity contribution in [3.63, 3.8) is 0 Å². The summed E-state index contributed by atoms with van der Waals surface area (Å²) < 4.78 is 13.9. The molecule has 35 heavy (non-hydrogen) atoms. The zero-order valence-electron chi connectivity index (χ0n) is 18.6. The smallest absolute Gasteiger partial charge is 0.252 e. The zero-order chi connectivity index (χ0) is 24.0. The predicted molar refractivity (Wildman–Crippen MR) is 137 cm³/mol. The molecule has 0 spiro atoms. The predicted octanol–water partition coefficient (Wildman–Crippen LogP) is 6.35. The van der Waals surface area contributed by atoms with Crippen molar-refractivity contribution in [3.8, 4) is 0 Å². The van der Waals surface area contributed by atoms with Crippen molar-refractivity contribution >= 4 is 40.7 Å². The molecular formula is C28H21FN4OS. The molecule has 3 aromatic carbocycles. The Morgan fingerprint density at radius 1 is 0.971 bits per heavy atom. The molecule has 0 aliphatic heterocycles. The summed E-state index contributed by atoms with van der Waals surface area (Å²) in [7, 11) is 0. The molecule has 5 rings (SSSR count). The third-order valence-corrected chi connectivity index (χ3v) is 6.49. The summed E-state index contributed by atoms with van der Waals surface area (Å²) in [6, 6.07) is 25.6. The molecular weight excluding hydrogens is 459 g/mol. The number of fused-ring (bicyclic) bond motifs is 1. The first-order chi connectivity index (χ1) is 17.2. The molecule has 0 fully saturated rings. The summed E-state index contributed by atoms with van der Waals surface area (Å²) in [5.41, 5.74) is 3.58. The number of hydrogen-bond acceptors (Lipinski definition) is 4. The minimum Gasteiger partial charge on any atom is -0.348 e. The van der Waals surface area contributed by atoms with E-state index in [1.165, 1.54) is 17.8 Å². The molecule has 2 N–H and O–H groups in total. The van der Waals surface area contributed by atoms with E-state index < -0.39 is 0 Å². The second-order valence-electron chi connectivity index (χ2n) is 7.78. The van der Waals surface area contributed by atoms with E-state index in [1.807, 2.05) is 66.7 Å². The number of benzene rings is 3. The van der Waals surface area contributed by atoms with E-state index in [0.29, 0.717) is 11.1 Å². The molecule has 1 amide bonds. The number of carbonyl (C=O) groups is 1. The highest BCUT2D eigenvalue weighted by Gasteiger charge is 2.13. The quantitative estimate of drug-likeness (QED) is 0.285. The zero-order valence-corrected chi connectivity index (χ0v) is 19.4. The van der Waals surface area contributed by atoms with Crippen LogP contribution in [0.15, 0.2) is 101 Å². The molecule has 0 aliphatic rings. The van der Waals surface area contributed by atoms with Crippen molar-refractivity contribution in [2.45, 2.75) is 16.3 Å². The highest BCUT2D eigenvalue weighted by Crippen LogP contribution is 2.33. The van der Waals surface area contributed by atoms with Gasteiger partial charge >= 0.3 is 0 Å². The fourth-order valence-electron chi connectivity index (χ4n) is 3.63. The maximum Gasteiger partial charge on any atom is 0.252 e. The summed E-state index contributed by atoms with van der Waals surface area (Å²) in [5, 5.41) is 11.3. The Morgan fingerprint density at radius 2 is 1.80 bits per heavy atom. The molecule has 0 bridgehead atoms. The normalized spacial score (nSPS) is 11.2. The van der Waals surface area contributed by atoms with Gasteiger partial charge in [0, 0.05) is 33.5 Å². The number of nitrogens with one attached hydrogen (secondary N) is 2. The van der Waals surface area contributed by atoms with Crippen LogP contribution in [0.4, 0.5) is 4.39 Å².